The zero-order valence-corrected chi connectivity index (χ0v) is 11.2. The van der Waals surface area contributed by atoms with E-state index in [0.717, 1.165) is 5.92 Å². The minimum atomic E-state index is 0. The molecule has 0 aliphatic heterocycles. The Hall–Kier alpha value is -0.780. The smallest absolute Gasteiger partial charge is 0.00747 e. The quantitative estimate of drug-likeness (QED) is 0.598. The van der Waals surface area contributed by atoms with Crippen LogP contribution in [0.2, 0.25) is 0 Å². The summed E-state index contributed by atoms with van der Waals surface area (Å²) in [5.74, 6) is 0.752. The van der Waals surface area contributed by atoms with Crippen LogP contribution < -0.4 is 0 Å². The molecule has 2 rings (SSSR count). The van der Waals surface area contributed by atoms with Gasteiger partial charge in [0.25, 0.3) is 0 Å². The summed E-state index contributed by atoms with van der Waals surface area (Å²) in [5.41, 5.74) is 3.76. The third-order valence-electron chi connectivity index (χ3n) is 4.40. The molecule has 1 unspecified atom stereocenters. The molecule has 0 bridgehead atoms. The van der Waals surface area contributed by atoms with E-state index in [1.165, 1.54) is 6.42 Å². The fraction of sp³-hybridized carbons (Fsp3) is 0.562. The summed E-state index contributed by atoms with van der Waals surface area (Å²) in [4.78, 5) is 0. The minimum Gasteiger partial charge on any atom is -0.0620 e. The molecular formula is C16H23. The molecule has 0 heteroatoms. The zero-order valence-electron chi connectivity index (χ0n) is 11.2. The maximum absolute atomic E-state index is 2.39. The molecule has 0 N–H and O–H groups in total. The maximum atomic E-state index is 2.39. The molecule has 0 saturated carbocycles. The molecular weight excluding hydrogens is 192 g/mol. The third kappa shape index (κ3) is 1.79. The standard InChI is InChI=1S/C15H22.CH/c1-11-10-14(2,3)12-8-6-7-9-13(12)15(11,4)5;/h6-9,11H,10H2,1-5H3;1H. The summed E-state index contributed by atoms with van der Waals surface area (Å²) in [6, 6.07) is 8.97. The van der Waals surface area contributed by atoms with Crippen LogP contribution in [0.4, 0.5) is 0 Å². The van der Waals surface area contributed by atoms with E-state index < -0.39 is 0 Å². The Morgan fingerprint density at radius 3 is 2.06 bits per heavy atom. The Morgan fingerprint density at radius 2 is 1.50 bits per heavy atom. The van der Waals surface area contributed by atoms with Gasteiger partial charge < -0.3 is 0 Å². The molecule has 0 nitrogen and oxygen atoms in total. The van der Waals surface area contributed by atoms with Crippen LogP contribution in [-0.2, 0) is 10.8 Å². The van der Waals surface area contributed by atoms with E-state index in [4.69, 9.17) is 0 Å². The highest BCUT2D eigenvalue weighted by Gasteiger charge is 2.41. The predicted molar refractivity (Wildman–Crippen MR) is 70.6 cm³/mol. The van der Waals surface area contributed by atoms with E-state index in [-0.39, 0.29) is 7.43 Å². The number of hydrogen-bond acceptors (Lipinski definition) is 0. The van der Waals surface area contributed by atoms with Gasteiger partial charge in [-0.1, -0.05) is 58.9 Å². The Bertz CT molecular complexity index is 371. The van der Waals surface area contributed by atoms with Gasteiger partial charge in [-0.25, -0.2) is 0 Å². The van der Waals surface area contributed by atoms with Gasteiger partial charge >= 0.3 is 0 Å². The molecule has 0 heterocycles. The Morgan fingerprint density at radius 1 is 1.00 bits per heavy atom. The molecule has 0 aromatic heterocycles. The lowest BCUT2D eigenvalue weighted by Gasteiger charge is -2.46. The van der Waals surface area contributed by atoms with Crippen LogP contribution in [0.5, 0.6) is 0 Å². The maximum Gasteiger partial charge on any atom is -0.00747 e. The lowest BCUT2D eigenvalue weighted by Crippen LogP contribution is -2.40. The van der Waals surface area contributed by atoms with E-state index in [9.17, 15) is 0 Å². The van der Waals surface area contributed by atoms with Crippen molar-refractivity contribution in [2.45, 2.75) is 51.9 Å². The SMILES string of the molecule is CC1CC(C)(C)c2ccccc2C1(C)C.[CH]. The average Bonchev–Trinajstić information content (AvgIpc) is 2.15. The summed E-state index contributed by atoms with van der Waals surface area (Å²) < 4.78 is 0. The van der Waals surface area contributed by atoms with Crippen LogP contribution in [0.3, 0.4) is 0 Å². The highest BCUT2D eigenvalue weighted by atomic mass is 14.4. The highest BCUT2D eigenvalue weighted by Crippen LogP contribution is 2.48. The molecule has 1 aromatic carbocycles. The topological polar surface area (TPSA) is 0 Å². The van der Waals surface area contributed by atoms with Crippen LogP contribution >= 0.6 is 0 Å². The third-order valence-corrected chi connectivity index (χ3v) is 4.40. The van der Waals surface area contributed by atoms with Crippen molar-refractivity contribution in [3.63, 3.8) is 0 Å². The van der Waals surface area contributed by atoms with Gasteiger partial charge in [0, 0.05) is 0 Å². The van der Waals surface area contributed by atoms with Crippen LogP contribution in [-0.4, -0.2) is 0 Å². The second-order valence-electron chi connectivity index (χ2n) is 6.26. The molecule has 0 saturated heterocycles. The first kappa shape index (κ1) is 13.3. The van der Waals surface area contributed by atoms with Crippen molar-refractivity contribution in [1.82, 2.24) is 0 Å². The van der Waals surface area contributed by atoms with Crippen molar-refractivity contribution in [3.8, 4) is 0 Å². The molecule has 1 atom stereocenters. The van der Waals surface area contributed by atoms with Crippen LogP contribution in [0, 0.1) is 13.3 Å². The molecule has 3 radical (unpaired) electrons. The summed E-state index contributed by atoms with van der Waals surface area (Å²) >= 11 is 0. The fourth-order valence-electron chi connectivity index (χ4n) is 3.03. The predicted octanol–water partition coefficient (Wildman–Crippen LogP) is 4.49. The Balaban J connectivity index is 0.00000128. The van der Waals surface area contributed by atoms with Crippen LogP contribution in [0.25, 0.3) is 0 Å². The second-order valence-corrected chi connectivity index (χ2v) is 6.26. The van der Waals surface area contributed by atoms with Crippen molar-refractivity contribution in [1.29, 1.82) is 0 Å². The van der Waals surface area contributed by atoms with E-state index in [0.29, 0.717) is 10.8 Å². The van der Waals surface area contributed by atoms with E-state index >= 15 is 0 Å². The Labute approximate surface area is 101 Å². The van der Waals surface area contributed by atoms with Crippen LogP contribution in [0.15, 0.2) is 24.3 Å². The van der Waals surface area contributed by atoms with E-state index in [1.54, 1.807) is 11.1 Å². The first-order valence-electron chi connectivity index (χ1n) is 5.96. The van der Waals surface area contributed by atoms with Crippen LogP contribution in [0.1, 0.15) is 52.2 Å². The van der Waals surface area contributed by atoms with Crippen molar-refractivity contribution in [2.75, 3.05) is 0 Å². The molecule has 16 heavy (non-hydrogen) atoms. The van der Waals surface area contributed by atoms with Gasteiger partial charge in [-0.3, -0.25) is 0 Å². The minimum absolute atomic E-state index is 0. The molecule has 0 amide bonds. The summed E-state index contributed by atoms with van der Waals surface area (Å²) in [7, 11) is 0. The highest BCUT2D eigenvalue weighted by molar-refractivity contribution is 5.41. The molecule has 0 fully saturated rings. The van der Waals surface area contributed by atoms with Gasteiger partial charge in [-0.15, -0.1) is 0 Å². The van der Waals surface area contributed by atoms with Gasteiger partial charge in [0.2, 0.25) is 0 Å². The van der Waals surface area contributed by atoms with Gasteiger partial charge in [0.1, 0.15) is 0 Å². The zero-order chi connectivity index (χ0) is 11.3. The normalized spacial score (nSPS) is 25.4. The fourth-order valence-corrected chi connectivity index (χ4v) is 3.03. The summed E-state index contributed by atoms with van der Waals surface area (Å²) in [6.45, 7) is 11.9. The average molecular weight is 215 g/mol. The van der Waals surface area contributed by atoms with Gasteiger partial charge in [-0.2, -0.15) is 0 Å². The number of hydrogen-bond donors (Lipinski definition) is 0. The first-order valence-corrected chi connectivity index (χ1v) is 5.96. The summed E-state index contributed by atoms with van der Waals surface area (Å²) in [6.07, 6.45) is 1.29. The molecule has 0 spiro atoms. The van der Waals surface area contributed by atoms with Crippen molar-refractivity contribution in [2.24, 2.45) is 5.92 Å². The molecule has 1 aliphatic rings. The number of rotatable bonds is 0. The van der Waals surface area contributed by atoms with Gasteiger partial charge in [-0.05, 0) is 41.7 Å². The van der Waals surface area contributed by atoms with E-state index in [2.05, 4.69) is 58.9 Å². The van der Waals surface area contributed by atoms with Crippen molar-refractivity contribution < 1.29 is 0 Å². The molecule has 87 valence electrons. The molecule has 1 aliphatic carbocycles. The second kappa shape index (κ2) is 3.91. The number of fused-ring (bicyclic) bond motifs is 1. The van der Waals surface area contributed by atoms with Crippen molar-refractivity contribution >= 4 is 0 Å². The number of benzene rings is 1. The van der Waals surface area contributed by atoms with E-state index in [1.807, 2.05) is 0 Å². The van der Waals surface area contributed by atoms with Gasteiger partial charge in [0.05, 0.1) is 0 Å². The Kier molecular flexibility index (Phi) is 3.24. The van der Waals surface area contributed by atoms with Crippen molar-refractivity contribution in [3.05, 3.63) is 42.8 Å². The van der Waals surface area contributed by atoms with Gasteiger partial charge in [0.15, 0.2) is 0 Å². The largest absolute Gasteiger partial charge is 0.0620 e. The summed E-state index contributed by atoms with van der Waals surface area (Å²) in [5, 5.41) is 0. The molecule has 1 aromatic rings. The first-order chi connectivity index (χ1) is 6.86. The lowest BCUT2D eigenvalue weighted by atomic mass is 9.58. The lowest BCUT2D eigenvalue weighted by molar-refractivity contribution is 0.233. The monoisotopic (exact) mass is 215 g/mol.